The van der Waals surface area contributed by atoms with E-state index < -0.39 is 10.0 Å². The minimum absolute atomic E-state index is 0.217. The Balaban J connectivity index is 2.93. The summed E-state index contributed by atoms with van der Waals surface area (Å²) in [6, 6.07) is 4.57. The van der Waals surface area contributed by atoms with Gasteiger partial charge in [-0.15, -0.1) is 0 Å². The van der Waals surface area contributed by atoms with Crippen LogP contribution in [-0.4, -0.2) is 27.6 Å². The van der Waals surface area contributed by atoms with E-state index in [4.69, 9.17) is 10.5 Å². The highest BCUT2D eigenvalue weighted by atomic mass is 32.2. The Morgan fingerprint density at radius 2 is 2.11 bits per heavy atom. The monoisotopic (exact) mass is 272 g/mol. The smallest absolute Gasteiger partial charge is 0.240 e. The molecule has 102 valence electrons. The van der Waals surface area contributed by atoms with Crippen LogP contribution in [-0.2, 0) is 10.0 Å². The molecule has 18 heavy (non-hydrogen) atoms. The van der Waals surface area contributed by atoms with Crippen molar-refractivity contribution in [1.82, 2.24) is 4.72 Å². The average molecular weight is 272 g/mol. The molecule has 0 aliphatic rings. The zero-order valence-electron chi connectivity index (χ0n) is 10.9. The highest BCUT2D eigenvalue weighted by Gasteiger charge is 2.15. The van der Waals surface area contributed by atoms with Crippen LogP contribution < -0.4 is 15.2 Å². The van der Waals surface area contributed by atoms with Gasteiger partial charge in [-0.25, -0.2) is 13.1 Å². The second-order valence-corrected chi connectivity index (χ2v) is 5.96. The van der Waals surface area contributed by atoms with E-state index in [-0.39, 0.29) is 17.5 Å². The molecule has 3 N–H and O–H groups in total. The maximum Gasteiger partial charge on any atom is 0.240 e. The first kappa shape index (κ1) is 14.9. The van der Waals surface area contributed by atoms with Crippen LogP contribution in [0, 0.1) is 6.92 Å². The minimum atomic E-state index is -3.50. The van der Waals surface area contributed by atoms with Gasteiger partial charge in [-0.1, -0.05) is 0 Å². The second kappa shape index (κ2) is 6.17. The molecular formula is C12H20N2O3S. The zero-order chi connectivity index (χ0) is 13.8. The van der Waals surface area contributed by atoms with Gasteiger partial charge in [0, 0.05) is 12.6 Å². The van der Waals surface area contributed by atoms with Crippen LogP contribution in [0.3, 0.4) is 0 Å². The third-order valence-electron chi connectivity index (χ3n) is 2.35. The maximum absolute atomic E-state index is 12.0. The van der Waals surface area contributed by atoms with Crippen molar-refractivity contribution in [1.29, 1.82) is 0 Å². The fourth-order valence-electron chi connectivity index (χ4n) is 1.43. The van der Waals surface area contributed by atoms with E-state index in [0.717, 1.165) is 5.56 Å². The van der Waals surface area contributed by atoms with E-state index in [0.29, 0.717) is 12.4 Å². The van der Waals surface area contributed by atoms with E-state index in [1.165, 1.54) is 6.07 Å². The standard InChI is InChI=1S/C12H20N2O3S/c1-4-17-12-6-5-11(7-9(12)2)18(15,16)14-8-10(3)13/h5-7,10,14H,4,8,13H2,1-3H3. The van der Waals surface area contributed by atoms with Gasteiger partial charge in [-0.2, -0.15) is 0 Å². The average Bonchev–Trinajstić information content (AvgIpc) is 2.29. The van der Waals surface area contributed by atoms with Crippen molar-refractivity contribution in [2.45, 2.75) is 31.7 Å². The Hall–Kier alpha value is -1.11. The highest BCUT2D eigenvalue weighted by Crippen LogP contribution is 2.21. The molecule has 0 aliphatic heterocycles. The van der Waals surface area contributed by atoms with Gasteiger partial charge in [0.25, 0.3) is 0 Å². The lowest BCUT2D eigenvalue weighted by Gasteiger charge is -2.11. The lowest BCUT2D eigenvalue weighted by molar-refractivity contribution is 0.337. The molecule has 1 unspecified atom stereocenters. The van der Waals surface area contributed by atoms with E-state index in [1.54, 1.807) is 19.1 Å². The molecule has 0 fully saturated rings. The molecule has 0 saturated heterocycles. The van der Waals surface area contributed by atoms with Crippen LogP contribution >= 0.6 is 0 Å². The Labute approximate surface area is 108 Å². The van der Waals surface area contributed by atoms with Crippen LogP contribution in [0.25, 0.3) is 0 Å². The van der Waals surface area contributed by atoms with Crippen molar-refractivity contribution in [2.24, 2.45) is 5.73 Å². The summed E-state index contributed by atoms with van der Waals surface area (Å²) < 4.78 is 31.7. The summed E-state index contributed by atoms with van der Waals surface area (Å²) in [5.41, 5.74) is 6.32. The number of benzene rings is 1. The van der Waals surface area contributed by atoms with Gasteiger partial charge >= 0.3 is 0 Å². The van der Waals surface area contributed by atoms with Crippen molar-refractivity contribution < 1.29 is 13.2 Å². The molecule has 0 aromatic heterocycles. The maximum atomic E-state index is 12.0. The Bertz CT molecular complexity index is 498. The van der Waals surface area contributed by atoms with Gasteiger partial charge in [0.15, 0.2) is 0 Å². The molecule has 0 saturated carbocycles. The molecule has 1 atom stereocenters. The van der Waals surface area contributed by atoms with Crippen molar-refractivity contribution in [3.05, 3.63) is 23.8 Å². The fraction of sp³-hybridized carbons (Fsp3) is 0.500. The lowest BCUT2D eigenvalue weighted by Crippen LogP contribution is -2.35. The number of ether oxygens (including phenoxy) is 1. The zero-order valence-corrected chi connectivity index (χ0v) is 11.8. The SMILES string of the molecule is CCOc1ccc(S(=O)(=O)NCC(C)N)cc1C. The van der Waals surface area contributed by atoms with E-state index in [1.807, 2.05) is 13.8 Å². The first-order valence-electron chi connectivity index (χ1n) is 5.85. The summed E-state index contributed by atoms with van der Waals surface area (Å²) >= 11 is 0. The quantitative estimate of drug-likeness (QED) is 0.810. The molecule has 1 aromatic rings. The largest absolute Gasteiger partial charge is 0.494 e. The number of nitrogens with one attached hydrogen (secondary N) is 1. The molecule has 0 aliphatic carbocycles. The molecule has 0 bridgehead atoms. The third-order valence-corrected chi connectivity index (χ3v) is 3.77. The van der Waals surface area contributed by atoms with Gasteiger partial charge in [-0.05, 0) is 44.5 Å². The summed E-state index contributed by atoms with van der Waals surface area (Å²) in [6.45, 7) is 6.21. The number of rotatable bonds is 6. The van der Waals surface area contributed by atoms with Crippen LogP contribution in [0.15, 0.2) is 23.1 Å². The predicted molar refractivity (Wildman–Crippen MR) is 71.2 cm³/mol. The second-order valence-electron chi connectivity index (χ2n) is 4.19. The molecule has 0 heterocycles. The number of hydrogen-bond donors (Lipinski definition) is 2. The van der Waals surface area contributed by atoms with Gasteiger partial charge < -0.3 is 10.5 Å². The van der Waals surface area contributed by atoms with Crippen LogP contribution in [0.2, 0.25) is 0 Å². The Morgan fingerprint density at radius 3 is 2.61 bits per heavy atom. The summed E-state index contributed by atoms with van der Waals surface area (Å²) in [5.74, 6) is 0.698. The topological polar surface area (TPSA) is 81.4 Å². The lowest BCUT2D eigenvalue weighted by atomic mass is 10.2. The molecule has 1 rings (SSSR count). The molecule has 0 radical (unpaired) electrons. The summed E-state index contributed by atoms with van der Waals surface area (Å²) in [6.07, 6.45) is 0. The first-order chi connectivity index (χ1) is 8.36. The van der Waals surface area contributed by atoms with Crippen molar-refractivity contribution >= 4 is 10.0 Å². The summed E-state index contributed by atoms with van der Waals surface area (Å²) in [4.78, 5) is 0.226. The predicted octanol–water partition coefficient (Wildman–Crippen LogP) is 1.02. The third kappa shape index (κ3) is 3.97. The van der Waals surface area contributed by atoms with Gasteiger partial charge in [0.05, 0.1) is 11.5 Å². The van der Waals surface area contributed by atoms with E-state index in [2.05, 4.69) is 4.72 Å². The van der Waals surface area contributed by atoms with Gasteiger partial charge in [0.1, 0.15) is 5.75 Å². The number of nitrogens with two attached hydrogens (primary N) is 1. The van der Waals surface area contributed by atoms with Crippen molar-refractivity contribution in [3.8, 4) is 5.75 Å². The van der Waals surface area contributed by atoms with Crippen LogP contribution in [0.4, 0.5) is 0 Å². The fourth-order valence-corrected chi connectivity index (χ4v) is 2.66. The van der Waals surface area contributed by atoms with Crippen molar-refractivity contribution in [2.75, 3.05) is 13.2 Å². The van der Waals surface area contributed by atoms with E-state index in [9.17, 15) is 8.42 Å². The van der Waals surface area contributed by atoms with Gasteiger partial charge in [-0.3, -0.25) is 0 Å². The molecule has 0 spiro atoms. The highest BCUT2D eigenvalue weighted by molar-refractivity contribution is 7.89. The first-order valence-corrected chi connectivity index (χ1v) is 7.34. The Morgan fingerprint density at radius 1 is 1.44 bits per heavy atom. The number of hydrogen-bond acceptors (Lipinski definition) is 4. The Kier molecular flexibility index (Phi) is 5.13. The van der Waals surface area contributed by atoms with E-state index >= 15 is 0 Å². The normalized spacial score (nSPS) is 13.3. The molecule has 5 nitrogen and oxygen atoms in total. The van der Waals surface area contributed by atoms with Crippen molar-refractivity contribution in [3.63, 3.8) is 0 Å². The number of sulfonamides is 1. The molecule has 6 heteroatoms. The molecule has 0 amide bonds. The van der Waals surface area contributed by atoms with Gasteiger partial charge in [0.2, 0.25) is 10.0 Å². The van der Waals surface area contributed by atoms with Crippen LogP contribution in [0.1, 0.15) is 19.4 Å². The summed E-state index contributed by atoms with van der Waals surface area (Å²) in [7, 11) is -3.50. The van der Waals surface area contributed by atoms with Crippen LogP contribution in [0.5, 0.6) is 5.75 Å². The number of aryl methyl sites for hydroxylation is 1. The molecular weight excluding hydrogens is 252 g/mol. The molecule has 1 aromatic carbocycles. The summed E-state index contributed by atoms with van der Waals surface area (Å²) in [5, 5.41) is 0. The minimum Gasteiger partial charge on any atom is -0.494 e.